The van der Waals surface area contributed by atoms with Crippen molar-refractivity contribution < 1.29 is 14.2 Å². The van der Waals surface area contributed by atoms with Gasteiger partial charge in [-0.1, -0.05) is 0 Å². The number of nitrogens with zero attached hydrogens (tertiary/aromatic N) is 2. The molecule has 0 aliphatic carbocycles. The SMILES string of the molecule is Cc1cc(NC[C@@H]2OCN3c4ccc(N5CCOCC5)cc4OC[C@@H]23)sc1C. The number of ether oxygens (including phenoxy) is 3. The van der Waals surface area contributed by atoms with Gasteiger partial charge in [-0.25, -0.2) is 0 Å². The number of nitrogens with one attached hydrogen (secondary N) is 1. The number of rotatable bonds is 4. The predicted molar refractivity (Wildman–Crippen MR) is 113 cm³/mol. The van der Waals surface area contributed by atoms with E-state index >= 15 is 0 Å². The van der Waals surface area contributed by atoms with Gasteiger partial charge in [0.15, 0.2) is 0 Å². The van der Waals surface area contributed by atoms with E-state index in [2.05, 4.69) is 53.2 Å². The number of fused-ring (bicyclic) bond motifs is 3. The molecule has 5 rings (SSSR count). The molecule has 0 bridgehead atoms. The van der Waals surface area contributed by atoms with Crippen molar-refractivity contribution in [1.29, 1.82) is 0 Å². The number of benzene rings is 1. The fourth-order valence-corrected chi connectivity index (χ4v) is 5.08. The Balaban J connectivity index is 1.27. The summed E-state index contributed by atoms with van der Waals surface area (Å²) in [6.45, 7) is 9.84. The zero-order chi connectivity index (χ0) is 19.1. The van der Waals surface area contributed by atoms with Gasteiger partial charge in [0.2, 0.25) is 0 Å². The molecule has 4 heterocycles. The number of thiophene rings is 1. The van der Waals surface area contributed by atoms with Crippen LogP contribution in [0.4, 0.5) is 16.4 Å². The van der Waals surface area contributed by atoms with Gasteiger partial charge in [0.1, 0.15) is 25.2 Å². The van der Waals surface area contributed by atoms with Crippen LogP contribution in [0.1, 0.15) is 10.4 Å². The van der Waals surface area contributed by atoms with E-state index < -0.39 is 0 Å². The van der Waals surface area contributed by atoms with Crippen LogP contribution >= 0.6 is 11.3 Å². The van der Waals surface area contributed by atoms with Crippen LogP contribution in [0.15, 0.2) is 24.3 Å². The van der Waals surface area contributed by atoms with Crippen LogP contribution in [0.2, 0.25) is 0 Å². The topological polar surface area (TPSA) is 46.2 Å². The van der Waals surface area contributed by atoms with E-state index in [0.29, 0.717) is 13.3 Å². The van der Waals surface area contributed by atoms with E-state index in [1.54, 1.807) is 11.3 Å². The molecule has 3 aliphatic heterocycles. The molecule has 2 saturated heterocycles. The molecule has 3 aliphatic rings. The maximum atomic E-state index is 6.17. The molecule has 2 fully saturated rings. The monoisotopic (exact) mass is 401 g/mol. The lowest BCUT2D eigenvalue weighted by atomic mass is 10.1. The number of hydrogen-bond donors (Lipinski definition) is 1. The first-order valence-electron chi connectivity index (χ1n) is 9.98. The first-order chi connectivity index (χ1) is 13.7. The molecule has 0 spiro atoms. The van der Waals surface area contributed by atoms with Gasteiger partial charge < -0.3 is 29.3 Å². The van der Waals surface area contributed by atoms with Gasteiger partial charge >= 0.3 is 0 Å². The van der Waals surface area contributed by atoms with Crippen molar-refractivity contribution in [2.24, 2.45) is 0 Å². The summed E-state index contributed by atoms with van der Waals surface area (Å²) in [5.41, 5.74) is 3.69. The lowest BCUT2D eigenvalue weighted by Gasteiger charge is -2.35. The van der Waals surface area contributed by atoms with Crippen LogP contribution in [0.3, 0.4) is 0 Å². The molecular weight excluding hydrogens is 374 g/mol. The Morgan fingerprint density at radius 1 is 1.18 bits per heavy atom. The van der Waals surface area contributed by atoms with E-state index in [9.17, 15) is 0 Å². The minimum absolute atomic E-state index is 0.120. The zero-order valence-corrected chi connectivity index (χ0v) is 17.3. The van der Waals surface area contributed by atoms with Gasteiger partial charge in [0.25, 0.3) is 0 Å². The molecule has 1 N–H and O–H groups in total. The molecule has 1 aromatic carbocycles. The highest BCUT2D eigenvalue weighted by Crippen LogP contribution is 2.40. The molecule has 150 valence electrons. The average Bonchev–Trinajstić information content (AvgIpc) is 3.29. The van der Waals surface area contributed by atoms with E-state index in [0.717, 1.165) is 44.3 Å². The summed E-state index contributed by atoms with van der Waals surface area (Å²) >= 11 is 1.81. The lowest BCUT2D eigenvalue weighted by molar-refractivity contribution is 0.104. The summed E-state index contributed by atoms with van der Waals surface area (Å²) in [6, 6.07) is 9.00. The summed E-state index contributed by atoms with van der Waals surface area (Å²) < 4.78 is 17.8. The zero-order valence-electron chi connectivity index (χ0n) is 16.4. The molecule has 7 heteroatoms. The smallest absolute Gasteiger partial charge is 0.144 e. The molecule has 0 unspecified atom stereocenters. The third kappa shape index (κ3) is 3.32. The molecule has 1 aromatic heterocycles. The fraction of sp³-hybridized carbons (Fsp3) is 0.524. The quantitative estimate of drug-likeness (QED) is 0.849. The van der Waals surface area contributed by atoms with E-state index in [-0.39, 0.29) is 12.1 Å². The predicted octanol–water partition coefficient (Wildman–Crippen LogP) is 3.24. The van der Waals surface area contributed by atoms with Crippen molar-refractivity contribution in [2.75, 3.05) is 61.3 Å². The fourth-order valence-electron chi connectivity index (χ4n) is 4.13. The molecule has 28 heavy (non-hydrogen) atoms. The molecule has 0 saturated carbocycles. The van der Waals surface area contributed by atoms with E-state index in [1.807, 2.05) is 0 Å². The second-order valence-corrected chi connectivity index (χ2v) is 8.92. The third-order valence-corrected chi connectivity index (χ3v) is 7.05. The summed E-state index contributed by atoms with van der Waals surface area (Å²) in [5.74, 6) is 0.960. The van der Waals surface area contributed by atoms with Crippen LogP contribution in [0.25, 0.3) is 0 Å². The van der Waals surface area contributed by atoms with Gasteiger partial charge in [0.05, 0.1) is 29.9 Å². The summed E-state index contributed by atoms with van der Waals surface area (Å²) in [7, 11) is 0. The van der Waals surface area contributed by atoms with Crippen molar-refractivity contribution in [2.45, 2.75) is 26.0 Å². The molecule has 6 nitrogen and oxygen atoms in total. The number of morpholine rings is 1. The standard InChI is InChI=1S/C21H27N3O3S/c1-14-9-21(28-15(14)2)22-11-20-18-12-26-19-10-16(23-5-7-25-8-6-23)3-4-17(19)24(18)13-27-20/h3-4,9-10,18,20,22H,5-8,11-13H2,1-2H3/t18-,20-/m0/s1. The van der Waals surface area contributed by atoms with Crippen molar-refractivity contribution in [3.63, 3.8) is 0 Å². The lowest BCUT2D eigenvalue weighted by Crippen LogP contribution is -2.45. The van der Waals surface area contributed by atoms with Gasteiger partial charge in [0, 0.05) is 36.3 Å². The Kier molecular flexibility index (Phi) is 4.82. The normalized spacial score (nSPS) is 23.9. The van der Waals surface area contributed by atoms with Crippen molar-refractivity contribution in [3.8, 4) is 5.75 Å². The third-order valence-electron chi connectivity index (χ3n) is 5.94. The number of hydrogen-bond acceptors (Lipinski definition) is 7. The van der Waals surface area contributed by atoms with Crippen molar-refractivity contribution >= 4 is 27.7 Å². The highest BCUT2D eigenvalue weighted by molar-refractivity contribution is 7.16. The number of anilines is 3. The highest BCUT2D eigenvalue weighted by atomic mass is 32.1. The van der Waals surface area contributed by atoms with Gasteiger partial charge in [-0.05, 0) is 37.6 Å². The Morgan fingerprint density at radius 2 is 2.04 bits per heavy atom. The molecular formula is C21H27N3O3S. The summed E-state index contributed by atoms with van der Waals surface area (Å²) in [4.78, 5) is 6.07. The minimum Gasteiger partial charge on any atom is -0.489 e. The Morgan fingerprint density at radius 3 is 2.82 bits per heavy atom. The Bertz CT molecular complexity index is 830. The van der Waals surface area contributed by atoms with Crippen molar-refractivity contribution in [3.05, 3.63) is 34.7 Å². The Labute approximate surface area is 170 Å². The van der Waals surface area contributed by atoms with Crippen LogP contribution in [0.5, 0.6) is 5.75 Å². The molecule has 0 radical (unpaired) electrons. The first kappa shape index (κ1) is 18.1. The average molecular weight is 402 g/mol. The summed E-state index contributed by atoms with van der Waals surface area (Å²) in [6.07, 6.45) is 0.120. The second kappa shape index (κ2) is 7.46. The number of aryl methyl sites for hydroxylation is 2. The molecule has 2 aromatic rings. The van der Waals surface area contributed by atoms with E-state index in [4.69, 9.17) is 14.2 Å². The second-order valence-electron chi connectivity index (χ2n) is 7.66. The Hall–Kier alpha value is -1.96. The van der Waals surface area contributed by atoms with Gasteiger partial charge in [-0.3, -0.25) is 0 Å². The van der Waals surface area contributed by atoms with Crippen LogP contribution < -0.4 is 19.9 Å². The van der Waals surface area contributed by atoms with Gasteiger partial charge in [-0.15, -0.1) is 11.3 Å². The molecule has 2 atom stereocenters. The van der Waals surface area contributed by atoms with Crippen LogP contribution in [-0.2, 0) is 9.47 Å². The van der Waals surface area contributed by atoms with E-state index in [1.165, 1.54) is 21.1 Å². The maximum Gasteiger partial charge on any atom is 0.144 e. The van der Waals surface area contributed by atoms with Crippen LogP contribution in [0, 0.1) is 13.8 Å². The first-order valence-corrected chi connectivity index (χ1v) is 10.8. The largest absolute Gasteiger partial charge is 0.489 e. The highest BCUT2D eigenvalue weighted by Gasteiger charge is 2.40. The van der Waals surface area contributed by atoms with Crippen molar-refractivity contribution in [1.82, 2.24) is 0 Å². The summed E-state index contributed by atoms with van der Waals surface area (Å²) in [5, 5.41) is 4.76. The van der Waals surface area contributed by atoms with Gasteiger partial charge in [-0.2, -0.15) is 0 Å². The van der Waals surface area contributed by atoms with Crippen LogP contribution in [-0.4, -0.2) is 58.3 Å². The maximum absolute atomic E-state index is 6.17. The molecule has 0 amide bonds. The minimum atomic E-state index is 0.120.